The Labute approximate surface area is 90.5 Å². The summed E-state index contributed by atoms with van der Waals surface area (Å²) >= 11 is 0. The maximum absolute atomic E-state index is 2.42. The van der Waals surface area contributed by atoms with Crippen LogP contribution in [-0.2, 0) is 0 Å². The highest BCUT2D eigenvalue weighted by molar-refractivity contribution is 4.87. The number of rotatable bonds is 7. The summed E-state index contributed by atoms with van der Waals surface area (Å²) in [5.74, 6) is 4.04. The summed E-state index contributed by atoms with van der Waals surface area (Å²) in [5.41, 5.74) is 0. The topological polar surface area (TPSA) is 0 Å². The average molecular weight is 196 g/mol. The molecule has 1 aliphatic rings. The smallest absolute Gasteiger partial charge is 0.0380 e. The molecule has 0 aliphatic heterocycles. The number of hydrogen-bond acceptors (Lipinski definition) is 0. The molecule has 1 aliphatic carbocycles. The molecular formula is C14H28. The standard InChI is InChI=1S/C14H28/c1-5-6-7-8-13-10-14(13)9-12(4)11(2)3/h11-14H,5-10H2,1-4H3. The van der Waals surface area contributed by atoms with E-state index in [1.807, 2.05) is 0 Å². The molecular weight excluding hydrogens is 168 g/mol. The fraction of sp³-hybridized carbons (Fsp3) is 1.00. The van der Waals surface area contributed by atoms with Gasteiger partial charge in [0.05, 0.1) is 0 Å². The van der Waals surface area contributed by atoms with E-state index in [1.54, 1.807) is 6.42 Å². The zero-order valence-corrected chi connectivity index (χ0v) is 10.6. The van der Waals surface area contributed by atoms with Crippen LogP contribution in [0.3, 0.4) is 0 Å². The van der Waals surface area contributed by atoms with Crippen LogP contribution in [0.5, 0.6) is 0 Å². The van der Waals surface area contributed by atoms with Crippen LogP contribution >= 0.6 is 0 Å². The van der Waals surface area contributed by atoms with Crippen molar-refractivity contribution in [2.75, 3.05) is 0 Å². The molecule has 1 fully saturated rings. The highest BCUT2D eigenvalue weighted by Gasteiger charge is 2.36. The van der Waals surface area contributed by atoms with Gasteiger partial charge in [0.25, 0.3) is 0 Å². The maximum atomic E-state index is 2.42. The summed E-state index contributed by atoms with van der Waals surface area (Å²) in [5, 5.41) is 0. The first kappa shape index (κ1) is 12.1. The molecule has 0 heterocycles. The molecule has 14 heavy (non-hydrogen) atoms. The van der Waals surface area contributed by atoms with Crippen LogP contribution in [0.15, 0.2) is 0 Å². The van der Waals surface area contributed by atoms with E-state index < -0.39 is 0 Å². The van der Waals surface area contributed by atoms with Crippen molar-refractivity contribution in [1.82, 2.24) is 0 Å². The molecule has 0 amide bonds. The van der Waals surface area contributed by atoms with Crippen LogP contribution in [0.1, 0.15) is 66.2 Å². The van der Waals surface area contributed by atoms with Gasteiger partial charge in [0.1, 0.15) is 0 Å². The van der Waals surface area contributed by atoms with Gasteiger partial charge in [0, 0.05) is 0 Å². The van der Waals surface area contributed by atoms with E-state index in [1.165, 1.54) is 32.1 Å². The van der Waals surface area contributed by atoms with Crippen molar-refractivity contribution in [1.29, 1.82) is 0 Å². The Morgan fingerprint density at radius 2 is 1.79 bits per heavy atom. The van der Waals surface area contributed by atoms with E-state index in [0.717, 1.165) is 23.7 Å². The van der Waals surface area contributed by atoms with E-state index in [0.29, 0.717) is 0 Å². The van der Waals surface area contributed by atoms with Crippen LogP contribution in [0.25, 0.3) is 0 Å². The van der Waals surface area contributed by atoms with Gasteiger partial charge in [0.15, 0.2) is 0 Å². The van der Waals surface area contributed by atoms with Gasteiger partial charge in [-0.05, 0) is 36.5 Å². The van der Waals surface area contributed by atoms with E-state index in [4.69, 9.17) is 0 Å². The predicted octanol–water partition coefficient (Wildman–Crippen LogP) is 4.89. The second-order valence-corrected chi connectivity index (χ2v) is 5.71. The number of unbranched alkanes of at least 4 members (excludes halogenated alkanes) is 2. The van der Waals surface area contributed by atoms with Crippen molar-refractivity contribution >= 4 is 0 Å². The zero-order chi connectivity index (χ0) is 10.6. The highest BCUT2D eigenvalue weighted by Crippen LogP contribution is 2.47. The fourth-order valence-electron chi connectivity index (χ4n) is 2.36. The third-order valence-corrected chi connectivity index (χ3v) is 4.06. The van der Waals surface area contributed by atoms with Gasteiger partial charge in [-0.3, -0.25) is 0 Å². The Morgan fingerprint density at radius 3 is 2.36 bits per heavy atom. The Kier molecular flexibility index (Phi) is 4.98. The van der Waals surface area contributed by atoms with Gasteiger partial charge < -0.3 is 0 Å². The minimum atomic E-state index is 0.881. The van der Waals surface area contributed by atoms with Gasteiger partial charge in [-0.1, -0.05) is 53.4 Å². The predicted molar refractivity (Wildman–Crippen MR) is 64.4 cm³/mol. The van der Waals surface area contributed by atoms with E-state index in [2.05, 4.69) is 27.7 Å². The van der Waals surface area contributed by atoms with E-state index in [-0.39, 0.29) is 0 Å². The summed E-state index contributed by atoms with van der Waals surface area (Å²) in [6.07, 6.45) is 8.86. The summed E-state index contributed by atoms with van der Waals surface area (Å²) in [7, 11) is 0. The van der Waals surface area contributed by atoms with Crippen LogP contribution in [0.4, 0.5) is 0 Å². The van der Waals surface area contributed by atoms with Crippen molar-refractivity contribution in [3.8, 4) is 0 Å². The molecule has 0 saturated heterocycles. The molecule has 0 radical (unpaired) electrons. The summed E-state index contributed by atoms with van der Waals surface area (Å²) in [4.78, 5) is 0. The monoisotopic (exact) mass is 196 g/mol. The largest absolute Gasteiger partial charge is 0.0654 e. The zero-order valence-electron chi connectivity index (χ0n) is 10.6. The highest BCUT2D eigenvalue weighted by atomic mass is 14.4. The Balaban J connectivity index is 2.02. The molecule has 3 unspecified atom stereocenters. The van der Waals surface area contributed by atoms with E-state index >= 15 is 0 Å². The molecule has 3 atom stereocenters. The summed E-state index contributed by atoms with van der Waals surface area (Å²) in [6.45, 7) is 9.44. The molecule has 0 heteroatoms. The van der Waals surface area contributed by atoms with Crippen molar-refractivity contribution in [2.24, 2.45) is 23.7 Å². The van der Waals surface area contributed by atoms with Gasteiger partial charge in [-0.15, -0.1) is 0 Å². The number of hydrogen-bond donors (Lipinski definition) is 0. The SMILES string of the molecule is CCCCCC1CC1CC(C)C(C)C. The lowest BCUT2D eigenvalue weighted by atomic mass is 9.91. The van der Waals surface area contributed by atoms with Crippen molar-refractivity contribution in [3.63, 3.8) is 0 Å². The Morgan fingerprint density at radius 1 is 1.07 bits per heavy atom. The second-order valence-electron chi connectivity index (χ2n) is 5.71. The van der Waals surface area contributed by atoms with Gasteiger partial charge in [-0.2, -0.15) is 0 Å². The second kappa shape index (κ2) is 5.78. The average Bonchev–Trinajstić information content (AvgIpc) is 2.84. The van der Waals surface area contributed by atoms with Crippen molar-refractivity contribution in [2.45, 2.75) is 66.2 Å². The molecule has 0 aromatic heterocycles. The fourth-order valence-corrected chi connectivity index (χ4v) is 2.36. The molecule has 0 aromatic carbocycles. The molecule has 0 bridgehead atoms. The first-order valence-corrected chi connectivity index (χ1v) is 6.65. The van der Waals surface area contributed by atoms with E-state index in [9.17, 15) is 0 Å². The lowest BCUT2D eigenvalue weighted by Crippen LogP contribution is -2.05. The lowest BCUT2D eigenvalue weighted by molar-refractivity contribution is 0.361. The Bertz CT molecular complexity index is 148. The summed E-state index contributed by atoms with van der Waals surface area (Å²) in [6, 6.07) is 0. The van der Waals surface area contributed by atoms with Gasteiger partial charge >= 0.3 is 0 Å². The normalized spacial score (nSPS) is 28.1. The van der Waals surface area contributed by atoms with Gasteiger partial charge in [0.2, 0.25) is 0 Å². The quantitative estimate of drug-likeness (QED) is 0.509. The minimum Gasteiger partial charge on any atom is -0.0654 e. The molecule has 84 valence electrons. The lowest BCUT2D eigenvalue weighted by Gasteiger charge is -2.14. The molecule has 1 rings (SSSR count). The molecule has 0 spiro atoms. The van der Waals surface area contributed by atoms with Crippen LogP contribution < -0.4 is 0 Å². The van der Waals surface area contributed by atoms with Crippen LogP contribution in [0, 0.1) is 23.7 Å². The maximum Gasteiger partial charge on any atom is -0.0380 e. The molecule has 0 nitrogen and oxygen atoms in total. The van der Waals surface area contributed by atoms with Crippen LogP contribution in [0.2, 0.25) is 0 Å². The molecule has 1 saturated carbocycles. The van der Waals surface area contributed by atoms with Gasteiger partial charge in [-0.25, -0.2) is 0 Å². The third-order valence-electron chi connectivity index (χ3n) is 4.06. The first-order chi connectivity index (χ1) is 6.65. The minimum absolute atomic E-state index is 0.881. The summed E-state index contributed by atoms with van der Waals surface area (Å²) < 4.78 is 0. The van der Waals surface area contributed by atoms with Crippen molar-refractivity contribution in [3.05, 3.63) is 0 Å². The van der Waals surface area contributed by atoms with Crippen molar-refractivity contribution < 1.29 is 0 Å². The first-order valence-electron chi connectivity index (χ1n) is 6.65. The third kappa shape index (κ3) is 4.02. The van der Waals surface area contributed by atoms with Crippen LogP contribution in [-0.4, -0.2) is 0 Å². The Hall–Kier alpha value is 0. The molecule has 0 aromatic rings. The molecule has 0 N–H and O–H groups in total.